The minimum absolute atomic E-state index is 0.290. The topological polar surface area (TPSA) is 55.4 Å². The van der Waals surface area contributed by atoms with E-state index in [-0.39, 0.29) is 12.4 Å². The van der Waals surface area contributed by atoms with Crippen molar-refractivity contribution >= 4 is 29.3 Å². The first-order chi connectivity index (χ1) is 10.6. The number of hydrogen-bond acceptors (Lipinski definition) is 4. The van der Waals surface area contributed by atoms with Gasteiger partial charge in [-0.1, -0.05) is 12.1 Å². The first kappa shape index (κ1) is 16.0. The number of amides is 1. The van der Waals surface area contributed by atoms with Gasteiger partial charge in [-0.3, -0.25) is 10.1 Å². The number of benzene rings is 2. The van der Waals surface area contributed by atoms with Crippen LogP contribution in [0.1, 0.15) is 10.4 Å². The fraction of sp³-hybridized carbons (Fsp3) is 0.125. The summed E-state index contributed by atoms with van der Waals surface area (Å²) in [6.07, 6.45) is 1.18. The third kappa shape index (κ3) is 4.60. The van der Waals surface area contributed by atoms with Crippen LogP contribution >= 0.6 is 11.8 Å². The summed E-state index contributed by atoms with van der Waals surface area (Å²) in [6, 6.07) is 12.3. The summed E-state index contributed by atoms with van der Waals surface area (Å²) in [5.74, 6) is -0.690. The average molecular weight is 319 g/mol. The van der Waals surface area contributed by atoms with Crippen molar-refractivity contribution in [2.45, 2.75) is 4.90 Å². The summed E-state index contributed by atoms with van der Waals surface area (Å²) in [4.78, 5) is 24.5. The number of rotatable bonds is 5. The third-order valence-electron chi connectivity index (χ3n) is 2.84. The van der Waals surface area contributed by atoms with Gasteiger partial charge in [-0.2, -0.15) is 0 Å². The molecule has 0 aliphatic carbocycles. The molecule has 2 rings (SSSR count). The third-order valence-corrected chi connectivity index (χ3v) is 3.58. The molecule has 0 spiro atoms. The van der Waals surface area contributed by atoms with Crippen LogP contribution in [0.25, 0.3) is 0 Å². The predicted octanol–water partition coefficient (Wildman–Crippen LogP) is 3.98. The van der Waals surface area contributed by atoms with Gasteiger partial charge in [0, 0.05) is 16.1 Å². The van der Waals surface area contributed by atoms with Crippen LogP contribution in [0, 0.1) is 5.82 Å². The van der Waals surface area contributed by atoms with Crippen molar-refractivity contribution in [2.75, 3.05) is 18.2 Å². The zero-order chi connectivity index (χ0) is 15.9. The second-order valence-electron chi connectivity index (χ2n) is 4.36. The van der Waals surface area contributed by atoms with E-state index in [1.807, 2.05) is 18.4 Å². The molecular formula is C16H14FNO3S. The summed E-state index contributed by atoms with van der Waals surface area (Å²) < 4.78 is 17.6. The smallest absolute Gasteiger partial charge is 0.412 e. The number of anilines is 1. The normalized spacial score (nSPS) is 10.1. The highest BCUT2D eigenvalue weighted by molar-refractivity contribution is 7.98. The number of thioether (sulfide) groups is 1. The van der Waals surface area contributed by atoms with Crippen molar-refractivity contribution in [3.63, 3.8) is 0 Å². The number of hydrogen-bond donors (Lipinski definition) is 1. The van der Waals surface area contributed by atoms with Crippen LogP contribution in [-0.4, -0.2) is 24.7 Å². The number of ether oxygens (including phenoxy) is 1. The van der Waals surface area contributed by atoms with Gasteiger partial charge < -0.3 is 4.74 Å². The predicted molar refractivity (Wildman–Crippen MR) is 83.9 cm³/mol. The zero-order valence-corrected chi connectivity index (χ0v) is 12.7. The molecular weight excluding hydrogens is 305 g/mol. The summed E-state index contributed by atoms with van der Waals surface area (Å²) in [5.41, 5.74) is 0.871. The van der Waals surface area contributed by atoms with Crippen molar-refractivity contribution in [1.82, 2.24) is 0 Å². The molecule has 0 saturated carbocycles. The molecule has 0 aliphatic heterocycles. The number of nitrogens with one attached hydrogen (secondary N) is 1. The Hall–Kier alpha value is -2.34. The maximum atomic E-state index is 12.7. The molecule has 2 aromatic carbocycles. The highest BCUT2D eigenvalue weighted by Gasteiger charge is 2.10. The van der Waals surface area contributed by atoms with Crippen molar-refractivity contribution in [2.24, 2.45) is 0 Å². The van der Waals surface area contributed by atoms with Crippen LogP contribution in [-0.2, 0) is 4.74 Å². The molecule has 0 unspecified atom stereocenters. The standard InChI is InChI=1S/C16H14FNO3S/c1-22-14-8-2-11(3-9-14)15(19)10-21-16(20)18-13-6-4-12(17)5-7-13/h2-9H,10H2,1H3,(H,18,20). The molecule has 4 nitrogen and oxygen atoms in total. The van der Waals surface area contributed by atoms with E-state index >= 15 is 0 Å². The molecule has 114 valence electrons. The maximum Gasteiger partial charge on any atom is 0.412 e. The minimum atomic E-state index is -0.763. The lowest BCUT2D eigenvalue weighted by atomic mass is 10.1. The molecule has 0 aliphatic rings. The molecule has 0 radical (unpaired) electrons. The maximum absolute atomic E-state index is 12.7. The Morgan fingerprint density at radius 3 is 2.32 bits per heavy atom. The molecule has 6 heteroatoms. The van der Waals surface area contributed by atoms with Gasteiger partial charge in [-0.15, -0.1) is 11.8 Å². The van der Waals surface area contributed by atoms with E-state index in [0.717, 1.165) is 4.90 Å². The number of carbonyl (C=O) groups excluding carboxylic acids is 2. The molecule has 0 fully saturated rings. The molecule has 1 amide bonds. The van der Waals surface area contributed by atoms with E-state index in [1.54, 1.807) is 23.9 Å². The number of carbonyl (C=O) groups is 2. The van der Waals surface area contributed by atoms with Gasteiger partial charge in [-0.05, 0) is 42.7 Å². The van der Waals surface area contributed by atoms with E-state index in [0.29, 0.717) is 11.3 Å². The van der Waals surface area contributed by atoms with E-state index in [2.05, 4.69) is 5.32 Å². The van der Waals surface area contributed by atoms with Crippen LogP contribution in [0.2, 0.25) is 0 Å². The highest BCUT2D eigenvalue weighted by atomic mass is 32.2. The second kappa shape index (κ2) is 7.61. The lowest BCUT2D eigenvalue weighted by Gasteiger charge is -2.07. The van der Waals surface area contributed by atoms with E-state index in [9.17, 15) is 14.0 Å². The van der Waals surface area contributed by atoms with Gasteiger partial charge in [0.05, 0.1) is 0 Å². The van der Waals surface area contributed by atoms with E-state index in [4.69, 9.17) is 4.74 Å². The Morgan fingerprint density at radius 1 is 1.09 bits per heavy atom. The average Bonchev–Trinajstić information content (AvgIpc) is 2.55. The molecule has 0 heterocycles. The van der Waals surface area contributed by atoms with Crippen LogP contribution < -0.4 is 5.32 Å². The van der Waals surface area contributed by atoms with Gasteiger partial charge in [0.25, 0.3) is 0 Å². The SMILES string of the molecule is CSc1ccc(C(=O)COC(=O)Nc2ccc(F)cc2)cc1. The highest BCUT2D eigenvalue weighted by Crippen LogP contribution is 2.15. The Balaban J connectivity index is 1.84. The van der Waals surface area contributed by atoms with Crippen LogP contribution in [0.3, 0.4) is 0 Å². The molecule has 0 bridgehead atoms. The van der Waals surface area contributed by atoms with Crippen LogP contribution in [0.4, 0.5) is 14.9 Å². The Bertz CT molecular complexity index is 656. The number of Topliss-reactive ketones (excluding diaryl/α,β-unsaturated/α-hetero) is 1. The van der Waals surface area contributed by atoms with E-state index in [1.165, 1.54) is 24.3 Å². The lowest BCUT2D eigenvalue weighted by Crippen LogP contribution is -2.18. The van der Waals surface area contributed by atoms with Gasteiger partial charge >= 0.3 is 6.09 Å². The van der Waals surface area contributed by atoms with Gasteiger partial charge in [-0.25, -0.2) is 9.18 Å². The Labute approximate surface area is 131 Å². The summed E-state index contributed by atoms with van der Waals surface area (Å²) >= 11 is 1.58. The summed E-state index contributed by atoms with van der Waals surface area (Å²) in [5, 5.41) is 2.41. The molecule has 0 atom stereocenters. The Morgan fingerprint density at radius 2 is 1.73 bits per heavy atom. The fourth-order valence-corrected chi connectivity index (χ4v) is 2.09. The molecule has 2 aromatic rings. The Kier molecular flexibility index (Phi) is 5.55. The largest absolute Gasteiger partial charge is 0.441 e. The van der Waals surface area contributed by atoms with E-state index < -0.39 is 11.9 Å². The van der Waals surface area contributed by atoms with Crippen LogP contribution in [0.15, 0.2) is 53.4 Å². The lowest BCUT2D eigenvalue weighted by molar-refractivity contribution is 0.0863. The van der Waals surface area contributed by atoms with Crippen LogP contribution in [0.5, 0.6) is 0 Å². The van der Waals surface area contributed by atoms with Gasteiger partial charge in [0.2, 0.25) is 0 Å². The van der Waals surface area contributed by atoms with Crippen molar-refractivity contribution in [3.8, 4) is 0 Å². The minimum Gasteiger partial charge on any atom is -0.441 e. The summed E-state index contributed by atoms with van der Waals surface area (Å²) in [7, 11) is 0. The van der Waals surface area contributed by atoms with Crippen molar-refractivity contribution < 1.29 is 18.7 Å². The summed E-state index contributed by atoms with van der Waals surface area (Å²) in [6.45, 7) is -0.356. The molecule has 0 aromatic heterocycles. The molecule has 22 heavy (non-hydrogen) atoms. The molecule has 1 N–H and O–H groups in total. The fourth-order valence-electron chi connectivity index (χ4n) is 1.68. The number of ketones is 1. The van der Waals surface area contributed by atoms with Gasteiger partial charge in [0.1, 0.15) is 5.82 Å². The zero-order valence-electron chi connectivity index (χ0n) is 11.8. The number of halogens is 1. The second-order valence-corrected chi connectivity index (χ2v) is 5.24. The first-order valence-electron chi connectivity index (χ1n) is 6.45. The van der Waals surface area contributed by atoms with Crippen molar-refractivity contribution in [3.05, 3.63) is 59.9 Å². The van der Waals surface area contributed by atoms with Gasteiger partial charge in [0.15, 0.2) is 12.4 Å². The van der Waals surface area contributed by atoms with Crippen molar-refractivity contribution in [1.29, 1.82) is 0 Å². The monoisotopic (exact) mass is 319 g/mol. The first-order valence-corrected chi connectivity index (χ1v) is 7.67. The molecule has 0 saturated heterocycles. The quantitative estimate of drug-likeness (QED) is 0.669.